The van der Waals surface area contributed by atoms with E-state index in [9.17, 15) is 4.79 Å². The van der Waals surface area contributed by atoms with Gasteiger partial charge in [-0.2, -0.15) is 10.4 Å². The highest BCUT2D eigenvalue weighted by molar-refractivity contribution is 5.99. The molecule has 37 heavy (non-hydrogen) atoms. The van der Waals surface area contributed by atoms with Crippen molar-refractivity contribution in [3.05, 3.63) is 96.4 Å². The fourth-order valence-corrected chi connectivity index (χ4v) is 3.97. The van der Waals surface area contributed by atoms with E-state index < -0.39 is 6.10 Å². The van der Waals surface area contributed by atoms with Crippen LogP contribution in [-0.4, -0.2) is 46.9 Å². The summed E-state index contributed by atoms with van der Waals surface area (Å²) >= 11 is 0. The molecule has 0 saturated heterocycles. The van der Waals surface area contributed by atoms with Crippen LogP contribution in [0, 0.1) is 11.3 Å². The first-order valence-electron chi connectivity index (χ1n) is 12.1. The molecule has 1 amide bonds. The van der Waals surface area contributed by atoms with Crippen molar-refractivity contribution in [3.8, 4) is 23.1 Å². The highest BCUT2D eigenvalue weighted by Crippen LogP contribution is 2.34. The fourth-order valence-electron chi connectivity index (χ4n) is 3.97. The monoisotopic (exact) mass is 494 g/mol. The van der Waals surface area contributed by atoms with Gasteiger partial charge >= 0.3 is 0 Å². The van der Waals surface area contributed by atoms with E-state index in [1.165, 1.54) is 0 Å². The Morgan fingerprint density at radius 1 is 1.05 bits per heavy atom. The van der Waals surface area contributed by atoms with E-state index in [2.05, 4.69) is 28.4 Å². The minimum absolute atomic E-state index is 0.115. The number of pyridine rings is 1. The maximum Gasteiger partial charge on any atom is 0.269 e. The van der Waals surface area contributed by atoms with Crippen LogP contribution in [0.5, 0.6) is 5.88 Å². The molecule has 8 heteroatoms. The Hall–Kier alpha value is -4.48. The Labute approximate surface area is 217 Å². The molecule has 2 unspecified atom stereocenters. The molecule has 4 aromatic rings. The first-order valence-corrected chi connectivity index (χ1v) is 12.1. The van der Waals surface area contributed by atoms with E-state index in [1.54, 1.807) is 29.0 Å². The zero-order valence-electron chi connectivity index (χ0n) is 21.2. The molecule has 0 aliphatic carbocycles. The number of nitrogens with zero attached hydrogens (tertiary/aromatic N) is 5. The quantitative estimate of drug-likeness (QED) is 0.433. The number of fused-ring (bicyclic) bond motifs is 1. The predicted molar refractivity (Wildman–Crippen MR) is 143 cm³/mol. The molecule has 8 nitrogen and oxygen atoms in total. The van der Waals surface area contributed by atoms with Gasteiger partial charge < -0.3 is 15.0 Å². The van der Waals surface area contributed by atoms with E-state index in [4.69, 9.17) is 10.00 Å². The van der Waals surface area contributed by atoms with Crippen molar-refractivity contribution in [2.45, 2.75) is 18.9 Å². The molecule has 2 aromatic heterocycles. The molecule has 5 rings (SSSR count). The van der Waals surface area contributed by atoms with Gasteiger partial charge in [-0.15, -0.1) is 0 Å². The van der Waals surface area contributed by atoms with Gasteiger partial charge in [0.15, 0.2) is 6.10 Å². The normalized spacial score (nSPS) is 15.0. The number of aryl methyl sites for hydroxylation is 1. The van der Waals surface area contributed by atoms with Crippen LogP contribution in [0.2, 0.25) is 0 Å². The number of nitrogens with one attached hydrogen (secondary N) is 1. The van der Waals surface area contributed by atoms with Crippen LogP contribution >= 0.6 is 0 Å². The summed E-state index contributed by atoms with van der Waals surface area (Å²) in [5.41, 5.74) is 4.23. The van der Waals surface area contributed by atoms with Gasteiger partial charge in [0.05, 0.1) is 17.8 Å². The van der Waals surface area contributed by atoms with Crippen LogP contribution in [0.3, 0.4) is 0 Å². The number of likely N-dealkylation sites (N-methyl/N-ethyl adjacent to an activating group) is 1. The molecule has 0 fully saturated rings. The maximum atomic E-state index is 12.8. The summed E-state index contributed by atoms with van der Waals surface area (Å²) in [7, 11) is 3.60. The summed E-state index contributed by atoms with van der Waals surface area (Å²) < 4.78 is 7.63. The summed E-state index contributed by atoms with van der Waals surface area (Å²) in [5, 5.41) is 16.4. The lowest BCUT2D eigenvalue weighted by Crippen LogP contribution is -2.49. The van der Waals surface area contributed by atoms with E-state index in [0.717, 1.165) is 16.7 Å². The highest BCUT2D eigenvalue weighted by Gasteiger charge is 2.33. The van der Waals surface area contributed by atoms with Crippen molar-refractivity contribution >= 4 is 11.6 Å². The minimum Gasteiger partial charge on any atom is -0.461 e. The van der Waals surface area contributed by atoms with Crippen LogP contribution in [0.4, 0.5) is 5.69 Å². The second kappa shape index (κ2) is 12.0. The van der Waals surface area contributed by atoms with Gasteiger partial charge in [0, 0.05) is 50.7 Å². The Balaban J connectivity index is 0.000000469. The number of carbonyl (C=O) groups is 1. The zero-order valence-corrected chi connectivity index (χ0v) is 21.2. The molecule has 1 N–H and O–H groups in total. The summed E-state index contributed by atoms with van der Waals surface area (Å²) in [6.45, 7) is 3.17. The second-order valence-electron chi connectivity index (χ2n) is 8.90. The Morgan fingerprint density at radius 2 is 1.73 bits per heavy atom. The van der Waals surface area contributed by atoms with Gasteiger partial charge in [0.2, 0.25) is 5.88 Å². The van der Waals surface area contributed by atoms with E-state index in [1.807, 2.05) is 80.0 Å². The van der Waals surface area contributed by atoms with Crippen LogP contribution < -0.4 is 15.0 Å². The lowest BCUT2D eigenvalue weighted by atomic mass is 10.00. The van der Waals surface area contributed by atoms with Gasteiger partial charge in [-0.1, -0.05) is 55.5 Å². The molecule has 188 valence electrons. The van der Waals surface area contributed by atoms with Crippen LogP contribution in [0.25, 0.3) is 11.1 Å². The lowest BCUT2D eigenvalue weighted by Gasteiger charge is -2.31. The van der Waals surface area contributed by atoms with E-state index >= 15 is 0 Å². The number of nitriles is 1. The zero-order chi connectivity index (χ0) is 26.2. The molecular formula is C29H30N6O2. The van der Waals surface area contributed by atoms with Gasteiger partial charge in [-0.05, 0) is 29.7 Å². The molecular weight excluding hydrogens is 464 g/mol. The van der Waals surface area contributed by atoms with E-state index in [0.29, 0.717) is 30.2 Å². The molecule has 0 bridgehead atoms. The number of aromatic nitrogens is 3. The molecule has 0 saturated carbocycles. The summed E-state index contributed by atoms with van der Waals surface area (Å²) in [6.07, 6.45) is 4.76. The number of rotatable bonds is 6. The smallest absolute Gasteiger partial charge is 0.269 e. The summed E-state index contributed by atoms with van der Waals surface area (Å²) in [4.78, 5) is 18.9. The molecule has 1 aliphatic rings. The molecule has 3 heterocycles. The fraction of sp³-hybridized carbons (Fsp3) is 0.241. The molecule has 0 radical (unpaired) electrons. The first kappa shape index (κ1) is 25.6. The highest BCUT2D eigenvalue weighted by atomic mass is 16.5. The average molecular weight is 495 g/mol. The van der Waals surface area contributed by atoms with Crippen molar-refractivity contribution < 1.29 is 9.53 Å². The van der Waals surface area contributed by atoms with Crippen LogP contribution in [0.1, 0.15) is 24.0 Å². The third kappa shape index (κ3) is 6.40. The predicted octanol–water partition coefficient (Wildman–Crippen LogP) is 4.16. The van der Waals surface area contributed by atoms with Crippen LogP contribution in [-0.2, 0) is 11.8 Å². The van der Waals surface area contributed by atoms with Crippen molar-refractivity contribution in [2.24, 2.45) is 7.05 Å². The maximum absolute atomic E-state index is 12.8. The summed E-state index contributed by atoms with van der Waals surface area (Å²) in [6, 6.07) is 23.6. The molecule has 0 spiro atoms. The van der Waals surface area contributed by atoms with Crippen molar-refractivity contribution in [3.63, 3.8) is 0 Å². The average Bonchev–Trinajstić information content (AvgIpc) is 3.38. The molecule has 2 atom stereocenters. The van der Waals surface area contributed by atoms with Gasteiger partial charge in [-0.3, -0.25) is 9.48 Å². The van der Waals surface area contributed by atoms with Crippen molar-refractivity contribution in [1.82, 2.24) is 20.1 Å². The SMILES string of the molecule is CC(CNCC1Oc2ncc(-c3cnn(C)c3)cc2N(C)C1=O)c1ccc(C#N)cc1.c1ccccc1. The van der Waals surface area contributed by atoms with Gasteiger partial charge in [-0.25, -0.2) is 4.98 Å². The van der Waals surface area contributed by atoms with Gasteiger partial charge in [0.25, 0.3) is 5.91 Å². The number of carbonyl (C=O) groups excluding carboxylic acids is 1. The second-order valence-corrected chi connectivity index (χ2v) is 8.90. The minimum atomic E-state index is -0.637. The van der Waals surface area contributed by atoms with E-state index in [-0.39, 0.29) is 11.8 Å². The third-order valence-electron chi connectivity index (χ3n) is 6.15. The first-order chi connectivity index (χ1) is 18.0. The number of hydrogen-bond acceptors (Lipinski definition) is 6. The number of amides is 1. The number of anilines is 1. The standard InChI is InChI=1S/C23H24N6O2.C6H6/c1-15(17-6-4-16(9-24)5-7-17)10-25-13-21-23(30)29(3)20-8-18(11-26-22(20)31-21)19-12-27-28(2)14-19;1-2-4-6-5-3-1/h4-8,11-12,14-15,21,25H,10,13H2,1-3H3;1-6H. The number of benzene rings is 2. The molecule has 1 aliphatic heterocycles. The largest absolute Gasteiger partial charge is 0.461 e. The Kier molecular flexibility index (Phi) is 8.29. The summed E-state index contributed by atoms with van der Waals surface area (Å²) in [5.74, 6) is 0.564. The third-order valence-corrected chi connectivity index (χ3v) is 6.15. The lowest BCUT2D eigenvalue weighted by molar-refractivity contribution is -0.126. The van der Waals surface area contributed by atoms with Crippen molar-refractivity contribution in [2.75, 3.05) is 25.0 Å². The van der Waals surface area contributed by atoms with Crippen LogP contribution in [0.15, 0.2) is 85.3 Å². The van der Waals surface area contributed by atoms with Crippen molar-refractivity contribution in [1.29, 1.82) is 5.26 Å². The Morgan fingerprint density at radius 3 is 2.32 bits per heavy atom. The van der Waals surface area contributed by atoms with Gasteiger partial charge in [0.1, 0.15) is 5.69 Å². The molecule has 2 aromatic carbocycles. The Bertz CT molecular complexity index is 1330. The number of hydrogen-bond donors (Lipinski definition) is 1. The number of ether oxygens (including phenoxy) is 1. The topological polar surface area (TPSA) is 96.1 Å².